The van der Waals surface area contributed by atoms with E-state index in [0.717, 1.165) is 6.42 Å². The second kappa shape index (κ2) is 6.07. The van der Waals surface area contributed by atoms with E-state index in [2.05, 4.69) is 10.3 Å². The van der Waals surface area contributed by atoms with E-state index in [9.17, 15) is 4.79 Å². The van der Waals surface area contributed by atoms with E-state index in [4.69, 9.17) is 9.84 Å². The van der Waals surface area contributed by atoms with E-state index < -0.39 is 12.0 Å². The van der Waals surface area contributed by atoms with Gasteiger partial charge in [0.15, 0.2) is 0 Å². The van der Waals surface area contributed by atoms with E-state index in [1.807, 2.05) is 6.92 Å². The van der Waals surface area contributed by atoms with Crippen molar-refractivity contribution in [3.63, 3.8) is 0 Å². The van der Waals surface area contributed by atoms with Crippen molar-refractivity contribution < 1.29 is 14.6 Å². The third-order valence-corrected chi connectivity index (χ3v) is 2.15. The fraction of sp³-hybridized carbons (Fsp3) is 0.455. The molecule has 1 rings (SSSR count). The molecule has 1 unspecified atom stereocenters. The lowest BCUT2D eigenvalue weighted by Gasteiger charge is -2.13. The zero-order valence-corrected chi connectivity index (χ0v) is 9.43. The minimum absolute atomic E-state index is 0.475. The van der Waals surface area contributed by atoms with Crippen molar-refractivity contribution in [2.45, 2.75) is 19.4 Å². The Kier molecular flexibility index (Phi) is 4.72. The first-order chi connectivity index (χ1) is 7.69. The predicted octanol–water partition coefficient (Wildman–Crippen LogP) is 1.22. The van der Waals surface area contributed by atoms with Gasteiger partial charge in [0.1, 0.15) is 6.04 Å². The van der Waals surface area contributed by atoms with Crippen LogP contribution in [0.2, 0.25) is 0 Å². The van der Waals surface area contributed by atoms with E-state index in [-0.39, 0.29) is 0 Å². The van der Waals surface area contributed by atoms with Crippen molar-refractivity contribution >= 4 is 5.97 Å². The Bertz CT molecular complexity index is 338. The highest BCUT2D eigenvalue weighted by atomic mass is 16.5. The molecule has 1 aromatic heterocycles. The molecule has 0 aromatic carbocycles. The van der Waals surface area contributed by atoms with Gasteiger partial charge in [0.2, 0.25) is 5.88 Å². The molecule has 0 spiro atoms. The van der Waals surface area contributed by atoms with Gasteiger partial charge < -0.3 is 15.2 Å². The number of hydrogen-bond donors (Lipinski definition) is 2. The predicted molar refractivity (Wildman–Crippen MR) is 59.5 cm³/mol. The van der Waals surface area contributed by atoms with Crippen molar-refractivity contribution in [2.75, 3.05) is 13.7 Å². The summed E-state index contributed by atoms with van der Waals surface area (Å²) < 4.78 is 4.91. The van der Waals surface area contributed by atoms with Crippen LogP contribution in [0.4, 0.5) is 0 Å². The second-order valence-electron chi connectivity index (χ2n) is 3.36. The van der Waals surface area contributed by atoms with Gasteiger partial charge in [-0.05, 0) is 24.6 Å². The first kappa shape index (κ1) is 12.4. The number of carbonyl (C=O) groups is 1. The van der Waals surface area contributed by atoms with E-state index in [0.29, 0.717) is 18.0 Å². The zero-order valence-electron chi connectivity index (χ0n) is 9.43. The SMILES string of the molecule is CCCNC(C(=O)O)c1ccc(OC)nc1. The van der Waals surface area contributed by atoms with Gasteiger partial charge in [-0.2, -0.15) is 0 Å². The second-order valence-corrected chi connectivity index (χ2v) is 3.36. The highest BCUT2D eigenvalue weighted by Crippen LogP contribution is 2.15. The lowest BCUT2D eigenvalue weighted by atomic mass is 10.1. The van der Waals surface area contributed by atoms with Crippen LogP contribution in [0.5, 0.6) is 5.88 Å². The van der Waals surface area contributed by atoms with Crippen molar-refractivity contribution in [3.05, 3.63) is 23.9 Å². The van der Waals surface area contributed by atoms with Gasteiger partial charge >= 0.3 is 5.97 Å². The summed E-state index contributed by atoms with van der Waals surface area (Å²) >= 11 is 0. The zero-order chi connectivity index (χ0) is 12.0. The molecule has 5 heteroatoms. The number of nitrogens with one attached hydrogen (secondary N) is 1. The molecule has 16 heavy (non-hydrogen) atoms. The molecule has 0 saturated carbocycles. The summed E-state index contributed by atoms with van der Waals surface area (Å²) in [5.41, 5.74) is 0.627. The average molecular weight is 224 g/mol. The topological polar surface area (TPSA) is 71.5 Å². The Balaban J connectivity index is 2.79. The molecule has 0 aliphatic rings. The summed E-state index contributed by atoms with van der Waals surface area (Å²) in [6.45, 7) is 2.64. The maximum absolute atomic E-state index is 11.0. The molecule has 0 radical (unpaired) electrons. The molecule has 1 heterocycles. The summed E-state index contributed by atoms with van der Waals surface area (Å²) in [5.74, 6) is -0.427. The molecular formula is C11H16N2O3. The molecule has 5 nitrogen and oxygen atoms in total. The Hall–Kier alpha value is -1.62. The Labute approximate surface area is 94.5 Å². The molecular weight excluding hydrogens is 208 g/mol. The molecule has 0 saturated heterocycles. The number of aliphatic carboxylic acids is 1. The largest absolute Gasteiger partial charge is 0.481 e. The molecule has 0 bridgehead atoms. The maximum Gasteiger partial charge on any atom is 0.325 e. The van der Waals surface area contributed by atoms with E-state index in [1.54, 1.807) is 12.1 Å². The number of carboxylic acids is 1. The van der Waals surface area contributed by atoms with Crippen LogP contribution in [0.15, 0.2) is 18.3 Å². The number of hydrogen-bond acceptors (Lipinski definition) is 4. The summed E-state index contributed by atoms with van der Waals surface area (Å²) in [7, 11) is 1.52. The third-order valence-electron chi connectivity index (χ3n) is 2.15. The van der Waals surface area contributed by atoms with Crippen LogP contribution in [0.3, 0.4) is 0 Å². The minimum atomic E-state index is -0.902. The maximum atomic E-state index is 11.0. The number of ether oxygens (including phenoxy) is 1. The molecule has 2 N–H and O–H groups in total. The first-order valence-corrected chi connectivity index (χ1v) is 5.15. The fourth-order valence-electron chi connectivity index (χ4n) is 1.32. The first-order valence-electron chi connectivity index (χ1n) is 5.15. The van der Waals surface area contributed by atoms with Crippen molar-refractivity contribution in [3.8, 4) is 5.88 Å². The van der Waals surface area contributed by atoms with Crippen molar-refractivity contribution in [1.82, 2.24) is 10.3 Å². The number of aromatic nitrogens is 1. The smallest absolute Gasteiger partial charge is 0.325 e. The molecule has 1 aromatic rings. The quantitative estimate of drug-likeness (QED) is 0.760. The van der Waals surface area contributed by atoms with E-state index in [1.165, 1.54) is 13.3 Å². The van der Waals surface area contributed by atoms with Crippen LogP contribution < -0.4 is 10.1 Å². The van der Waals surface area contributed by atoms with Crippen LogP contribution >= 0.6 is 0 Å². The third kappa shape index (κ3) is 3.20. The molecule has 0 amide bonds. The number of pyridine rings is 1. The standard InChI is InChI=1S/C11H16N2O3/c1-3-6-12-10(11(14)15)8-4-5-9(16-2)13-7-8/h4-5,7,10,12H,3,6H2,1-2H3,(H,14,15). The van der Waals surface area contributed by atoms with Crippen LogP contribution in [0.1, 0.15) is 24.9 Å². The normalized spacial score (nSPS) is 12.1. The van der Waals surface area contributed by atoms with Gasteiger partial charge in [0.05, 0.1) is 7.11 Å². The molecule has 0 aliphatic carbocycles. The van der Waals surface area contributed by atoms with Crippen LogP contribution in [-0.2, 0) is 4.79 Å². The molecule has 0 fully saturated rings. The molecule has 88 valence electrons. The summed E-state index contributed by atoms with van der Waals surface area (Å²) in [4.78, 5) is 15.0. The van der Waals surface area contributed by atoms with Crippen molar-refractivity contribution in [2.24, 2.45) is 0 Å². The summed E-state index contributed by atoms with van der Waals surface area (Å²) in [6, 6.07) is 2.64. The number of nitrogens with zero attached hydrogens (tertiary/aromatic N) is 1. The molecule has 0 aliphatic heterocycles. The Morgan fingerprint density at radius 2 is 2.38 bits per heavy atom. The number of rotatable bonds is 6. The molecule has 1 atom stereocenters. The van der Waals surface area contributed by atoms with E-state index >= 15 is 0 Å². The van der Waals surface area contributed by atoms with Gasteiger partial charge in [-0.25, -0.2) is 4.98 Å². The van der Waals surface area contributed by atoms with Crippen LogP contribution in [-0.4, -0.2) is 29.7 Å². The van der Waals surface area contributed by atoms with Crippen LogP contribution in [0, 0.1) is 0 Å². The lowest BCUT2D eigenvalue weighted by molar-refractivity contribution is -0.139. The summed E-state index contributed by atoms with van der Waals surface area (Å²) in [5, 5.41) is 12.0. The number of methoxy groups -OCH3 is 1. The highest BCUT2D eigenvalue weighted by molar-refractivity contribution is 5.75. The van der Waals surface area contributed by atoms with Gasteiger partial charge in [-0.1, -0.05) is 6.92 Å². The van der Waals surface area contributed by atoms with Gasteiger partial charge in [-0.15, -0.1) is 0 Å². The van der Waals surface area contributed by atoms with Gasteiger partial charge in [0, 0.05) is 12.3 Å². The van der Waals surface area contributed by atoms with Gasteiger partial charge in [-0.3, -0.25) is 4.79 Å². The Morgan fingerprint density at radius 3 is 2.81 bits per heavy atom. The minimum Gasteiger partial charge on any atom is -0.481 e. The van der Waals surface area contributed by atoms with Crippen molar-refractivity contribution in [1.29, 1.82) is 0 Å². The van der Waals surface area contributed by atoms with Gasteiger partial charge in [0.25, 0.3) is 0 Å². The Morgan fingerprint density at radius 1 is 1.62 bits per heavy atom. The fourth-order valence-corrected chi connectivity index (χ4v) is 1.32. The number of carboxylic acid groups (broad SMARTS) is 1. The highest BCUT2D eigenvalue weighted by Gasteiger charge is 2.18. The summed E-state index contributed by atoms with van der Waals surface area (Å²) in [6.07, 6.45) is 2.40. The monoisotopic (exact) mass is 224 g/mol. The van der Waals surface area contributed by atoms with Crippen LogP contribution in [0.25, 0.3) is 0 Å². The average Bonchev–Trinajstić information content (AvgIpc) is 2.30. The lowest BCUT2D eigenvalue weighted by Crippen LogP contribution is -2.29.